The summed E-state index contributed by atoms with van der Waals surface area (Å²) in [4.78, 5) is 29.2. The van der Waals surface area contributed by atoms with Gasteiger partial charge in [0, 0.05) is 18.5 Å². The molecule has 0 bridgehead atoms. The molecule has 3 aromatic heterocycles. The van der Waals surface area contributed by atoms with Crippen LogP contribution in [0.4, 0.5) is 0 Å². The predicted molar refractivity (Wildman–Crippen MR) is 102 cm³/mol. The summed E-state index contributed by atoms with van der Waals surface area (Å²) in [5, 5.41) is 5.40. The standard InChI is InChI=1S/C18H15BrN4O3/c1-9-4-5-12-11(6-13(24)26-15(12)10(9)2)7-23-8-20-17-14(18(23)25)16(19)21-22(17)3/h4-6,8H,7H2,1-3H3. The lowest BCUT2D eigenvalue weighted by Gasteiger charge is -2.10. The quantitative estimate of drug-likeness (QED) is 0.470. The van der Waals surface area contributed by atoms with Crippen molar-refractivity contribution in [2.45, 2.75) is 20.4 Å². The van der Waals surface area contributed by atoms with E-state index in [0.29, 0.717) is 26.8 Å². The van der Waals surface area contributed by atoms with Crippen LogP contribution in [0.5, 0.6) is 0 Å². The molecule has 132 valence electrons. The lowest BCUT2D eigenvalue weighted by molar-refractivity contribution is 0.554. The zero-order valence-corrected chi connectivity index (χ0v) is 16.0. The maximum Gasteiger partial charge on any atom is 0.336 e. The molecule has 4 aromatic rings. The van der Waals surface area contributed by atoms with Gasteiger partial charge in [-0.05, 0) is 46.5 Å². The number of benzene rings is 1. The van der Waals surface area contributed by atoms with Crippen molar-refractivity contribution in [2.75, 3.05) is 0 Å². The molecule has 4 rings (SSSR count). The first kappa shape index (κ1) is 16.7. The minimum atomic E-state index is -0.439. The molecule has 0 amide bonds. The van der Waals surface area contributed by atoms with E-state index in [2.05, 4.69) is 26.0 Å². The highest BCUT2D eigenvalue weighted by Gasteiger charge is 2.15. The zero-order chi connectivity index (χ0) is 18.6. The summed E-state index contributed by atoms with van der Waals surface area (Å²) in [6.45, 7) is 4.09. The van der Waals surface area contributed by atoms with Crippen LogP contribution < -0.4 is 11.2 Å². The molecule has 0 unspecified atom stereocenters. The Morgan fingerprint density at radius 1 is 1.23 bits per heavy atom. The second kappa shape index (κ2) is 5.91. The van der Waals surface area contributed by atoms with E-state index in [1.165, 1.54) is 17.0 Å². The van der Waals surface area contributed by atoms with Crippen LogP contribution in [0.3, 0.4) is 0 Å². The van der Waals surface area contributed by atoms with Crippen molar-refractivity contribution in [1.29, 1.82) is 0 Å². The van der Waals surface area contributed by atoms with E-state index >= 15 is 0 Å². The Bertz CT molecular complexity index is 1300. The third kappa shape index (κ3) is 2.48. The van der Waals surface area contributed by atoms with Crippen molar-refractivity contribution in [3.63, 3.8) is 0 Å². The second-order valence-corrected chi connectivity index (χ2v) is 7.02. The Balaban J connectivity index is 1.94. The SMILES string of the molecule is Cc1ccc2c(Cn3cnc4c(c(Br)nn4C)c3=O)cc(=O)oc2c1C. The van der Waals surface area contributed by atoms with Gasteiger partial charge in [-0.1, -0.05) is 12.1 Å². The molecule has 0 aliphatic carbocycles. The number of hydrogen-bond donors (Lipinski definition) is 0. The van der Waals surface area contributed by atoms with E-state index in [0.717, 1.165) is 16.5 Å². The fourth-order valence-electron chi connectivity index (χ4n) is 3.09. The van der Waals surface area contributed by atoms with Gasteiger partial charge in [0.2, 0.25) is 0 Å². The van der Waals surface area contributed by atoms with Gasteiger partial charge in [0.25, 0.3) is 5.56 Å². The van der Waals surface area contributed by atoms with Gasteiger partial charge in [-0.25, -0.2) is 14.5 Å². The topological polar surface area (TPSA) is 82.9 Å². The van der Waals surface area contributed by atoms with E-state index in [4.69, 9.17) is 4.42 Å². The fourth-order valence-corrected chi connectivity index (χ4v) is 3.67. The number of aromatic nitrogens is 4. The molecule has 8 heteroatoms. The molecule has 26 heavy (non-hydrogen) atoms. The Morgan fingerprint density at radius 3 is 2.77 bits per heavy atom. The maximum atomic E-state index is 12.8. The molecule has 0 fully saturated rings. The van der Waals surface area contributed by atoms with Gasteiger partial charge < -0.3 is 4.42 Å². The van der Waals surface area contributed by atoms with Crippen molar-refractivity contribution in [3.8, 4) is 0 Å². The van der Waals surface area contributed by atoms with Crippen molar-refractivity contribution in [3.05, 3.63) is 66.6 Å². The molecule has 0 spiro atoms. The first-order valence-electron chi connectivity index (χ1n) is 7.97. The fraction of sp³-hybridized carbons (Fsp3) is 0.222. The molecular formula is C18H15BrN4O3. The molecule has 0 saturated heterocycles. The third-order valence-electron chi connectivity index (χ3n) is 4.63. The van der Waals surface area contributed by atoms with Crippen molar-refractivity contribution in [1.82, 2.24) is 19.3 Å². The summed E-state index contributed by atoms with van der Waals surface area (Å²) in [7, 11) is 1.73. The summed E-state index contributed by atoms with van der Waals surface area (Å²) in [6.07, 6.45) is 1.47. The van der Waals surface area contributed by atoms with Gasteiger partial charge in [0.05, 0.1) is 6.54 Å². The Morgan fingerprint density at radius 2 is 2.00 bits per heavy atom. The molecule has 0 aliphatic heterocycles. The highest BCUT2D eigenvalue weighted by molar-refractivity contribution is 9.10. The summed E-state index contributed by atoms with van der Waals surface area (Å²) in [6, 6.07) is 5.31. The average molecular weight is 415 g/mol. The lowest BCUT2D eigenvalue weighted by Crippen LogP contribution is -2.22. The molecule has 3 heterocycles. The van der Waals surface area contributed by atoms with Crippen LogP contribution in [0.25, 0.3) is 22.0 Å². The summed E-state index contributed by atoms with van der Waals surface area (Å²) >= 11 is 3.31. The number of nitrogens with zero attached hydrogens (tertiary/aromatic N) is 4. The molecule has 1 aromatic carbocycles. The second-order valence-electron chi connectivity index (χ2n) is 6.27. The van der Waals surface area contributed by atoms with Crippen LogP contribution in [0.1, 0.15) is 16.7 Å². The molecule has 0 aliphatic rings. The predicted octanol–water partition coefficient (Wildman–Crippen LogP) is 2.66. The average Bonchev–Trinajstić information content (AvgIpc) is 2.88. The number of hydrogen-bond acceptors (Lipinski definition) is 5. The van der Waals surface area contributed by atoms with Gasteiger partial charge in [-0.3, -0.25) is 9.36 Å². The molecule has 0 saturated carbocycles. The number of halogens is 1. The smallest absolute Gasteiger partial charge is 0.336 e. The first-order chi connectivity index (χ1) is 12.4. The van der Waals surface area contributed by atoms with E-state index in [1.807, 2.05) is 26.0 Å². The molecule has 0 atom stereocenters. The monoisotopic (exact) mass is 414 g/mol. The van der Waals surface area contributed by atoms with E-state index in [-0.39, 0.29) is 12.1 Å². The van der Waals surface area contributed by atoms with Crippen LogP contribution in [0.15, 0.2) is 43.1 Å². The number of aryl methyl sites for hydroxylation is 3. The van der Waals surface area contributed by atoms with Crippen molar-refractivity contribution < 1.29 is 4.42 Å². The van der Waals surface area contributed by atoms with Crippen LogP contribution in [0.2, 0.25) is 0 Å². The molecule has 0 radical (unpaired) electrons. The largest absolute Gasteiger partial charge is 0.422 e. The third-order valence-corrected chi connectivity index (χ3v) is 5.18. The van der Waals surface area contributed by atoms with Crippen molar-refractivity contribution in [2.24, 2.45) is 7.05 Å². The van der Waals surface area contributed by atoms with Crippen LogP contribution in [-0.2, 0) is 13.6 Å². The summed E-state index contributed by atoms with van der Waals surface area (Å²) < 4.78 is 8.86. The number of rotatable bonds is 2. The summed E-state index contributed by atoms with van der Waals surface area (Å²) in [5.74, 6) is 0. The van der Waals surface area contributed by atoms with Crippen LogP contribution in [-0.4, -0.2) is 19.3 Å². The normalized spacial score (nSPS) is 11.5. The highest BCUT2D eigenvalue weighted by atomic mass is 79.9. The van der Waals surface area contributed by atoms with Crippen molar-refractivity contribution >= 4 is 37.9 Å². The van der Waals surface area contributed by atoms with Crippen LogP contribution in [0, 0.1) is 13.8 Å². The van der Waals surface area contributed by atoms with E-state index in [1.54, 1.807) is 11.7 Å². The Hall–Kier alpha value is -2.74. The van der Waals surface area contributed by atoms with Gasteiger partial charge in [0.15, 0.2) is 5.65 Å². The van der Waals surface area contributed by atoms with Crippen LogP contribution >= 0.6 is 15.9 Å². The van der Waals surface area contributed by atoms with Gasteiger partial charge in [-0.15, -0.1) is 0 Å². The molecule has 0 N–H and O–H groups in total. The number of fused-ring (bicyclic) bond motifs is 2. The van der Waals surface area contributed by atoms with E-state index < -0.39 is 5.63 Å². The lowest BCUT2D eigenvalue weighted by atomic mass is 10.0. The van der Waals surface area contributed by atoms with Gasteiger partial charge >= 0.3 is 5.63 Å². The summed E-state index contributed by atoms with van der Waals surface area (Å²) in [5.41, 5.74) is 3.06. The first-order valence-corrected chi connectivity index (χ1v) is 8.76. The Kier molecular flexibility index (Phi) is 3.80. The van der Waals surface area contributed by atoms with Gasteiger partial charge in [-0.2, -0.15) is 5.10 Å². The zero-order valence-electron chi connectivity index (χ0n) is 14.4. The highest BCUT2D eigenvalue weighted by Crippen LogP contribution is 2.24. The molecular weight excluding hydrogens is 400 g/mol. The molecule has 7 nitrogen and oxygen atoms in total. The van der Waals surface area contributed by atoms with Gasteiger partial charge in [0.1, 0.15) is 21.9 Å². The minimum Gasteiger partial charge on any atom is -0.422 e. The maximum absolute atomic E-state index is 12.8. The van der Waals surface area contributed by atoms with E-state index in [9.17, 15) is 9.59 Å². The minimum absolute atomic E-state index is 0.216. The Labute approximate surface area is 156 Å².